The van der Waals surface area contributed by atoms with Crippen molar-refractivity contribution in [3.63, 3.8) is 0 Å². The van der Waals surface area contributed by atoms with Crippen LogP contribution in [0.25, 0.3) is 0 Å². The lowest BCUT2D eigenvalue weighted by Gasteiger charge is -2.28. The van der Waals surface area contributed by atoms with Crippen LogP contribution in [0.2, 0.25) is 0 Å². The van der Waals surface area contributed by atoms with Crippen LogP contribution >= 0.6 is 67.8 Å². The number of ether oxygens (including phenoxy) is 1. The molecular weight excluding hydrogens is 795 g/mol. The molecule has 0 bridgehead atoms. The highest BCUT2D eigenvalue weighted by atomic mass is 127. The Hall–Kier alpha value is -0.580. The Morgan fingerprint density at radius 3 is 1.79 bits per heavy atom. The number of amides is 3. The molecule has 7 N–H and O–H groups in total. The third kappa shape index (κ3) is 6.59. The lowest BCUT2D eigenvalue weighted by Crippen LogP contribution is -2.43. The lowest BCUT2D eigenvalue weighted by molar-refractivity contribution is 0.0798. The first kappa shape index (κ1) is 29.6. The van der Waals surface area contributed by atoms with Crippen molar-refractivity contribution in [3.05, 3.63) is 21.8 Å². The van der Waals surface area contributed by atoms with E-state index in [1.54, 1.807) is 0 Å². The first-order valence-electron chi connectivity index (χ1n) is 9.94. The Morgan fingerprint density at radius 2 is 1.41 bits per heavy atom. The Balaban J connectivity index is 2.68. The molecule has 3 amide bonds. The number of benzene rings is 1. The second-order valence-corrected chi connectivity index (χ2v) is 10.6. The third-order valence-electron chi connectivity index (χ3n) is 4.87. The summed E-state index contributed by atoms with van der Waals surface area (Å²) in [6, 6.07) is -0.770. The molecule has 12 nitrogen and oxygen atoms in total. The predicted molar refractivity (Wildman–Crippen MR) is 145 cm³/mol. The number of rotatable bonds is 10. The third-order valence-corrected chi connectivity index (χ3v) is 8.05. The van der Waals surface area contributed by atoms with Gasteiger partial charge in [-0.2, -0.15) is 0 Å². The van der Waals surface area contributed by atoms with Crippen LogP contribution in [0.5, 0.6) is 0 Å². The quantitative estimate of drug-likeness (QED) is 0.151. The number of aliphatic hydroxyl groups is 5. The molecule has 15 heteroatoms. The maximum atomic E-state index is 13.1. The number of cyclic esters (lactones) is 1. The second-order valence-electron chi connectivity index (χ2n) is 7.39. The second kappa shape index (κ2) is 13.1. The molecule has 34 heavy (non-hydrogen) atoms. The molecule has 0 aromatic heterocycles. The van der Waals surface area contributed by atoms with E-state index in [-0.39, 0.29) is 40.1 Å². The molecule has 0 aliphatic carbocycles. The van der Waals surface area contributed by atoms with Gasteiger partial charge in [-0.25, -0.2) is 4.79 Å². The Morgan fingerprint density at radius 1 is 0.971 bits per heavy atom. The lowest BCUT2D eigenvalue weighted by atomic mass is 10.0. The molecule has 2 rings (SSSR count). The summed E-state index contributed by atoms with van der Waals surface area (Å²) in [5, 5.41) is 52.4. The minimum atomic E-state index is -1.20. The molecular formula is C19H24I3N3O9. The molecule has 1 aliphatic rings. The van der Waals surface area contributed by atoms with Gasteiger partial charge in [0.1, 0.15) is 12.6 Å². The first-order valence-corrected chi connectivity index (χ1v) is 13.2. The maximum Gasteiger partial charge on any atom is 0.414 e. The monoisotopic (exact) mass is 819 g/mol. The molecule has 4 atom stereocenters. The number of halogens is 3. The molecule has 1 aromatic carbocycles. The number of hydrogen-bond acceptors (Lipinski definition) is 9. The van der Waals surface area contributed by atoms with E-state index in [2.05, 4.69) is 10.6 Å². The zero-order chi connectivity index (χ0) is 25.7. The molecule has 1 heterocycles. The molecule has 190 valence electrons. The summed E-state index contributed by atoms with van der Waals surface area (Å²) < 4.78 is 5.97. The van der Waals surface area contributed by atoms with Crippen molar-refractivity contribution in [2.45, 2.75) is 31.3 Å². The number of carbonyl (C=O) groups excluding carboxylic acids is 3. The highest BCUT2D eigenvalue weighted by molar-refractivity contribution is 14.1. The van der Waals surface area contributed by atoms with Crippen molar-refractivity contribution in [1.29, 1.82) is 0 Å². The van der Waals surface area contributed by atoms with Gasteiger partial charge in [0.15, 0.2) is 0 Å². The van der Waals surface area contributed by atoms with Crippen LogP contribution in [0.15, 0.2) is 0 Å². The van der Waals surface area contributed by atoms with Crippen molar-refractivity contribution in [2.75, 3.05) is 37.8 Å². The summed E-state index contributed by atoms with van der Waals surface area (Å²) in [5.41, 5.74) is 0.271. The predicted octanol–water partition coefficient (Wildman–Crippen LogP) is -0.628. The summed E-state index contributed by atoms with van der Waals surface area (Å²) in [6.45, 7) is -0.251. The van der Waals surface area contributed by atoms with Crippen LogP contribution in [-0.4, -0.2) is 101 Å². The molecule has 1 aromatic rings. The van der Waals surface area contributed by atoms with E-state index in [9.17, 15) is 29.7 Å². The molecule has 1 aliphatic heterocycles. The molecule has 4 unspecified atom stereocenters. The van der Waals surface area contributed by atoms with Gasteiger partial charge >= 0.3 is 6.09 Å². The number of anilines is 1. The summed E-state index contributed by atoms with van der Waals surface area (Å²) in [4.78, 5) is 39.9. The molecule has 0 saturated carbocycles. The van der Waals surface area contributed by atoms with Gasteiger partial charge in [0.2, 0.25) is 0 Å². The summed E-state index contributed by atoms with van der Waals surface area (Å²) >= 11 is 5.55. The van der Waals surface area contributed by atoms with Gasteiger partial charge in [0.25, 0.3) is 11.8 Å². The van der Waals surface area contributed by atoms with E-state index in [0.29, 0.717) is 7.14 Å². The van der Waals surface area contributed by atoms with Crippen LogP contribution in [0.1, 0.15) is 27.6 Å². The SMILES string of the molecule is CC(O)C1COC(=O)N1c1c(I)c(C(=O)NCC(O)CO)c(I)c(C(=O)NCC(O)CO)c1I. The fourth-order valence-electron chi connectivity index (χ4n) is 3.04. The minimum absolute atomic E-state index is 0.0404. The Labute approximate surface area is 235 Å². The zero-order valence-corrected chi connectivity index (χ0v) is 24.3. The van der Waals surface area contributed by atoms with Crippen molar-refractivity contribution in [2.24, 2.45) is 0 Å². The van der Waals surface area contributed by atoms with Crippen LogP contribution in [0, 0.1) is 10.7 Å². The van der Waals surface area contributed by atoms with Gasteiger partial charge in [-0.15, -0.1) is 0 Å². The van der Waals surface area contributed by atoms with Gasteiger partial charge in [-0.05, 0) is 74.7 Å². The number of nitrogens with zero attached hydrogens (tertiary/aromatic N) is 1. The zero-order valence-electron chi connectivity index (χ0n) is 17.8. The number of carbonyl (C=O) groups is 3. The highest BCUT2D eigenvalue weighted by Gasteiger charge is 2.41. The van der Waals surface area contributed by atoms with Crippen LogP contribution in [-0.2, 0) is 4.74 Å². The largest absolute Gasteiger partial charge is 0.447 e. The minimum Gasteiger partial charge on any atom is -0.447 e. The van der Waals surface area contributed by atoms with Gasteiger partial charge < -0.3 is 40.9 Å². The number of hydrogen-bond donors (Lipinski definition) is 7. The van der Waals surface area contributed by atoms with Gasteiger partial charge in [-0.1, -0.05) is 0 Å². The molecule has 0 spiro atoms. The maximum absolute atomic E-state index is 13.1. The molecule has 1 saturated heterocycles. The van der Waals surface area contributed by atoms with Crippen molar-refractivity contribution < 1.29 is 44.7 Å². The van der Waals surface area contributed by atoms with Gasteiger partial charge in [-0.3, -0.25) is 14.5 Å². The van der Waals surface area contributed by atoms with E-state index in [1.165, 1.54) is 11.8 Å². The first-order chi connectivity index (χ1) is 16.0. The molecule has 1 fully saturated rings. The molecule has 0 radical (unpaired) electrons. The van der Waals surface area contributed by atoms with E-state index >= 15 is 0 Å². The van der Waals surface area contributed by atoms with E-state index in [1.807, 2.05) is 67.8 Å². The standard InChI is InChI=1S/C19H24I3N3O9/c1-7(28)10-6-34-19(33)25(10)16-14(21)11(17(31)23-2-8(29)4-26)13(20)12(15(16)22)18(32)24-3-9(30)5-27/h7-10,26-30H,2-6H2,1H3,(H,23,31)(H,24,32). The number of nitrogens with one attached hydrogen (secondary N) is 2. The summed E-state index contributed by atoms with van der Waals surface area (Å²) in [7, 11) is 0. The average Bonchev–Trinajstić information content (AvgIpc) is 3.16. The highest BCUT2D eigenvalue weighted by Crippen LogP contribution is 2.40. The van der Waals surface area contributed by atoms with Crippen LogP contribution in [0.3, 0.4) is 0 Å². The van der Waals surface area contributed by atoms with E-state index < -0.39 is 55.5 Å². The van der Waals surface area contributed by atoms with Crippen molar-refractivity contribution in [3.8, 4) is 0 Å². The van der Waals surface area contributed by atoms with Gasteiger partial charge in [0.05, 0.1) is 55.5 Å². The van der Waals surface area contributed by atoms with Crippen molar-refractivity contribution >= 4 is 91.4 Å². The fourth-order valence-corrected chi connectivity index (χ4v) is 7.70. The van der Waals surface area contributed by atoms with Crippen LogP contribution in [0.4, 0.5) is 10.5 Å². The van der Waals surface area contributed by atoms with Crippen molar-refractivity contribution in [1.82, 2.24) is 10.6 Å². The summed E-state index contributed by atoms with van der Waals surface area (Å²) in [6.07, 6.45) is -4.13. The summed E-state index contributed by atoms with van der Waals surface area (Å²) in [5.74, 6) is -1.32. The topological polar surface area (TPSA) is 189 Å². The van der Waals surface area contributed by atoms with Crippen LogP contribution < -0.4 is 15.5 Å². The Bertz CT molecular complexity index is 894. The fraction of sp³-hybridized carbons (Fsp3) is 0.526. The van der Waals surface area contributed by atoms with Gasteiger partial charge in [0, 0.05) is 16.7 Å². The Kier molecular flexibility index (Phi) is 11.4. The number of aliphatic hydroxyl groups excluding tert-OH is 5. The normalized spacial score (nSPS) is 18.3. The van der Waals surface area contributed by atoms with E-state index in [0.717, 1.165) is 0 Å². The van der Waals surface area contributed by atoms with E-state index in [4.69, 9.17) is 14.9 Å². The smallest absolute Gasteiger partial charge is 0.414 e. The average molecular weight is 819 g/mol.